The Balaban J connectivity index is 1.69. The lowest BCUT2D eigenvalue weighted by atomic mass is 10.2. The average molecular weight is 288 g/mol. The number of epoxide rings is 1. The first-order chi connectivity index (χ1) is 10.3. The highest BCUT2D eigenvalue weighted by Crippen LogP contribution is 2.33. The molecule has 7 heteroatoms. The number of nitrogens with zero attached hydrogens (tertiary/aromatic N) is 2. The van der Waals surface area contributed by atoms with E-state index in [0.717, 1.165) is 17.7 Å². The van der Waals surface area contributed by atoms with Gasteiger partial charge in [0, 0.05) is 6.07 Å². The van der Waals surface area contributed by atoms with Crippen molar-refractivity contribution in [3.8, 4) is 23.5 Å². The van der Waals surface area contributed by atoms with Crippen LogP contribution < -0.4 is 9.47 Å². The number of hydrogen-bond donors (Lipinski definition) is 0. The fraction of sp³-hybridized carbons (Fsp3) is 0.286. The fourth-order valence-corrected chi connectivity index (χ4v) is 2.00. The molecule has 0 N–H and O–H groups in total. The summed E-state index contributed by atoms with van der Waals surface area (Å²) in [5.74, 6) is 1.48. The molecule has 1 aliphatic heterocycles. The number of fused-ring (bicyclic) bond motifs is 1. The second-order valence-corrected chi connectivity index (χ2v) is 4.62. The third kappa shape index (κ3) is 2.31. The van der Waals surface area contributed by atoms with Crippen molar-refractivity contribution in [2.24, 2.45) is 0 Å². The molecule has 21 heavy (non-hydrogen) atoms. The second-order valence-electron chi connectivity index (χ2n) is 4.62. The fourth-order valence-electron chi connectivity index (χ4n) is 2.00. The summed E-state index contributed by atoms with van der Waals surface area (Å²) in [6.45, 7) is 1.29. The number of rotatable bonds is 5. The van der Waals surface area contributed by atoms with E-state index in [2.05, 4.69) is 10.2 Å². The summed E-state index contributed by atoms with van der Waals surface area (Å²) in [5.41, 5.74) is 0.691. The smallest absolute Gasteiger partial charge is 0.414 e. The minimum Gasteiger partial charge on any atom is -0.490 e. The quantitative estimate of drug-likeness (QED) is 0.666. The highest BCUT2D eigenvalue weighted by Gasteiger charge is 2.24. The van der Waals surface area contributed by atoms with Gasteiger partial charge in [-0.05, 0) is 12.1 Å². The Morgan fingerprint density at radius 3 is 2.95 bits per heavy atom. The molecule has 0 bridgehead atoms. The molecule has 4 rings (SSSR count). The molecule has 3 aromatic rings. The molecule has 1 aliphatic rings. The Hall–Kier alpha value is -2.54. The van der Waals surface area contributed by atoms with Crippen LogP contribution >= 0.6 is 0 Å². The van der Waals surface area contributed by atoms with Crippen LogP contribution in [-0.4, -0.2) is 36.6 Å². The average Bonchev–Trinajstić information content (AvgIpc) is 3.03. The van der Waals surface area contributed by atoms with Gasteiger partial charge < -0.3 is 23.0 Å². The maximum atomic E-state index is 5.74. The number of benzene rings is 1. The van der Waals surface area contributed by atoms with Crippen molar-refractivity contribution in [2.45, 2.75) is 6.10 Å². The van der Waals surface area contributed by atoms with E-state index in [9.17, 15) is 0 Å². The normalized spacial score (nSPS) is 17.1. The van der Waals surface area contributed by atoms with Gasteiger partial charge in [0.05, 0.1) is 19.1 Å². The number of furan rings is 1. The third-order valence-corrected chi connectivity index (χ3v) is 3.14. The Morgan fingerprint density at radius 2 is 2.19 bits per heavy atom. The zero-order valence-electron chi connectivity index (χ0n) is 11.2. The summed E-state index contributed by atoms with van der Waals surface area (Å²) in [5, 5.41) is 8.45. The van der Waals surface area contributed by atoms with Crippen molar-refractivity contribution in [2.75, 3.05) is 20.3 Å². The molecule has 7 nitrogen and oxygen atoms in total. The SMILES string of the molecule is COc1nnc(-c2cc3c(OCC4CO4)cccc3o2)o1. The maximum absolute atomic E-state index is 5.74. The molecular formula is C14H12N2O5. The Kier molecular flexibility index (Phi) is 2.78. The predicted molar refractivity (Wildman–Crippen MR) is 71.3 cm³/mol. The molecule has 0 radical (unpaired) electrons. The molecular weight excluding hydrogens is 276 g/mol. The summed E-state index contributed by atoms with van der Waals surface area (Å²) in [6, 6.07) is 7.42. The van der Waals surface area contributed by atoms with Crippen LogP contribution in [0, 0.1) is 0 Å². The Morgan fingerprint density at radius 1 is 1.29 bits per heavy atom. The molecule has 0 saturated carbocycles. The van der Waals surface area contributed by atoms with Crippen LogP contribution in [0.15, 0.2) is 33.1 Å². The molecule has 1 fully saturated rings. The minimum atomic E-state index is 0.0906. The maximum Gasteiger partial charge on any atom is 0.414 e. The lowest BCUT2D eigenvalue weighted by Gasteiger charge is -2.04. The van der Waals surface area contributed by atoms with Gasteiger partial charge in [0.1, 0.15) is 24.0 Å². The van der Waals surface area contributed by atoms with Gasteiger partial charge in [-0.1, -0.05) is 11.2 Å². The van der Waals surface area contributed by atoms with E-state index in [1.807, 2.05) is 24.3 Å². The largest absolute Gasteiger partial charge is 0.490 e. The van der Waals surface area contributed by atoms with Gasteiger partial charge in [0.2, 0.25) is 0 Å². The summed E-state index contributed by atoms with van der Waals surface area (Å²) in [4.78, 5) is 0. The molecule has 1 unspecified atom stereocenters. The molecule has 108 valence electrons. The summed E-state index contributed by atoms with van der Waals surface area (Å²) in [6.07, 6.45) is 0.291. The van der Waals surface area contributed by atoms with Crippen molar-refractivity contribution in [3.63, 3.8) is 0 Å². The molecule has 0 spiro atoms. The van der Waals surface area contributed by atoms with Gasteiger partial charge in [0.15, 0.2) is 5.76 Å². The van der Waals surface area contributed by atoms with Crippen molar-refractivity contribution in [1.29, 1.82) is 0 Å². The van der Waals surface area contributed by atoms with E-state index < -0.39 is 0 Å². The van der Waals surface area contributed by atoms with Crippen LogP contribution in [-0.2, 0) is 4.74 Å². The van der Waals surface area contributed by atoms with Crippen molar-refractivity contribution in [1.82, 2.24) is 10.2 Å². The summed E-state index contributed by atoms with van der Waals surface area (Å²) >= 11 is 0. The molecule has 1 aromatic carbocycles. The van der Waals surface area contributed by atoms with Gasteiger partial charge in [-0.3, -0.25) is 0 Å². The second kappa shape index (κ2) is 4.78. The predicted octanol–water partition coefficient (Wildman–Crippen LogP) is 2.27. The molecule has 0 aliphatic carbocycles. The first-order valence-electron chi connectivity index (χ1n) is 6.48. The molecule has 3 heterocycles. The number of methoxy groups -OCH3 is 1. The summed E-state index contributed by atoms with van der Waals surface area (Å²) < 4.78 is 26.8. The van der Waals surface area contributed by atoms with E-state index in [-0.39, 0.29) is 18.1 Å². The Bertz CT molecular complexity index is 775. The van der Waals surface area contributed by atoms with E-state index >= 15 is 0 Å². The van der Waals surface area contributed by atoms with Gasteiger partial charge in [-0.2, -0.15) is 0 Å². The van der Waals surface area contributed by atoms with Gasteiger partial charge in [0.25, 0.3) is 5.89 Å². The monoisotopic (exact) mass is 288 g/mol. The highest BCUT2D eigenvalue weighted by molar-refractivity contribution is 5.87. The first kappa shape index (κ1) is 12.2. The third-order valence-electron chi connectivity index (χ3n) is 3.14. The van der Waals surface area contributed by atoms with Crippen molar-refractivity contribution < 1.29 is 23.0 Å². The zero-order valence-corrected chi connectivity index (χ0v) is 11.2. The van der Waals surface area contributed by atoms with Crippen LogP contribution in [0.2, 0.25) is 0 Å². The molecule has 2 aromatic heterocycles. The van der Waals surface area contributed by atoms with Crippen molar-refractivity contribution in [3.05, 3.63) is 24.3 Å². The molecule has 1 atom stereocenters. The molecule has 0 amide bonds. The highest BCUT2D eigenvalue weighted by atomic mass is 16.6. The standard InChI is InChI=1S/C14H12N2O5/c1-17-14-16-15-13(21-14)12-5-9-10(19-7-8-6-18-8)3-2-4-11(9)20-12/h2-5,8H,6-7H2,1H3. The van der Waals surface area contributed by atoms with Crippen molar-refractivity contribution >= 4 is 11.0 Å². The lowest BCUT2D eigenvalue weighted by molar-refractivity contribution is 0.265. The van der Waals surface area contributed by atoms with Crippen LogP contribution in [0.5, 0.6) is 11.8 Å². The topological polar surface area (TPSA) is 83.1 Å². The minimum absolute atomic E-state index is 0.0906. The van der Waals surface area contributed by atoms with Gasteiger partial charge in [-0.25, -0.2) is 0 Å². The van der Waals surface area contributed by atoms with E-state index in [1.54, 1.807) is 0 Å². The van der Waals surface area contributed by atoms with Crippen LogP contribution in [0.4, 0.5) is 0 Å². The summed E-state index contributed by atoms with van der Waals surface area (Å²) in [7, 11) is 1.46. The van der Waals surface area contributed by atoms with E-state index in [1.165, 1.54) is 7.11 Å². The number of aromatic nitrogens is 2. The zero-order chi connectivity index (χ0) is 14.2. The van der Waals surface area contributed by atoms with E-state index in [0.29, 0.717) is 18.0 Å². The number of ether oxygens (including phenoxy) is 3. The van der Waals surface area contributed by atoms with Crippen LogP contribution in [0.3, 0.4) is 0 Å². The van der Waals surface area contributed by atoms with Gasteiger partial charge in [-0.15, -0.1) is 5.10 Å². The lowest BCUT2D eigenvalue weighted by Crippen LogP contribution is -2.03. The molecule has 1 saturated heterocycles. The number of hydrogen-bond acceptors (Lipinski definition) is 7. The Labute approximate surface area is 119 Å². The van der Waals surface area contributed by atoms with Crippen LogP contribution in [0.25, 0.3) is 22.6 Å². The van der Waals surface area contributed by atoms with Crippen LogP contribution in [0.1, 0.15) is 0 Å². The van der Waals surface area contributed by atoms with Gasteiger partial charge >= 0.3 is 6.08 Å². The van der Waals surface area contributed by atoms with E-state index in [4.69, 9.17) is 23.0 Å². The first-order valence-corrected chi connectivity index (χ1v) is 6.48.